The number of aromatic nitrogens is 3. The van der Waals surface area contributed by atoms with Crippen LogP contribution in [0.1, 0.15) is 0 Å². The lowest BCUT2D eigenvalue weighted by molar-refractivity contribution is 0.633. The summed E-state index contributed by atoms with van der Waals surface area (Å²) in [4.78, 5) is 13.0. The largest absolute Gasteiger partial charge is 0.396 e. The SMILES string of the molecule is CSc1ncc2nc(-c3ccc(N)c(F)c3)ccc2n1. The predicted molar refractivity (Wildman–Crippen MR) is 78.9 cm³/mol. The summed E-state index contributed by atoms with van der Waals surface area (Å²) in [6.07, 6.45) is 3.59. The Balaban J connectivity index is 2.10. The molecule has 0 bridgehead atoms. The van der Waals surface area contributed by atoms with Crippen molar-refractivity contribution in [3.8, 4) is 11.3 Å². The van der Waals surface area contributed by atoms with E-state index in [1.807, 2.05) is 18.4 Å². The zero-order valence-electron chi connectivity index (χ0n) is 10.7. The maximum Gasteiger partial charge on any atom is 0.187 e. The summed E-state index contributed by atoms with van der Waals surface area (Å²) in [6.45, 7) is 0. The molecule has 0 fully saturated rings. The first-order valence-electron chi connectivity index (χ1n) is 5.90. The number of halogens is 1. The maximum atomic E-state index is 13.5. The van der Waals surface area contributed by atoms with Crippen LogP contribution >= 0.6 is 11.8 Å². The Hall–Kier alpha value is -2.21. The van der Waals surface area contributed by atoms with Crippen molar-refractivity contribution in [2.45, 2.75) is 5.16 Å². The summed E-state index contributed by atoms with van der Waals surface area (Å²) in [5.41, 5.74) is 8.38. The minimum absolute atomic E-state index is 0.127. The van der Waals surface area contributed by atoms with Crippen molar-refractivity contribution >= 4 is 28.5 Å². The number of nitrogens with zero attached hydrogens (tertiary/aromatic N) is 3. The molecule has 4 nitrogen and oxygen atoms in total. The van der Waals surface area contributed by atoms with Gasteiger partial charge in [0.2, 0.25) is 0 Å². The molecule has 2 aromatic heterocycles. The van der Waals surface area contributed by atoms with Gasteiger partial charge in [-0.25, -0.2) is 19.3 Å². The fourth-order valence-corrected chi connectivity index (χ4v) is 2.20. The zero-order chi connectivity index (χ0) is 14.1. The van der Waals surface area contributed by atoms with Crippen molar-refractivity contribution in [3.05, 3.63) is 42.3 Å². The number of fused-ring (bicyclic) bond motifs is 1. The second kappa shape index (κ2) is 5.05. The second-order valence-corrected chi connectivity index (χ2v) is 4.97. The Kier molecular flexibility index (Phi) is 3.23. The van der Waals surface area contributed by atoms with E-state index in [2.05, 4.69) is 15.0 Å². The van der Waals surface area contributed by atoms with Crippen molar-refractivity contribution in [3.63, 3.8) is 0 Å². The van der Waals surface area contributed by atoms with Crippen LogP contribution in [0.25, 0.3) is 22.3 Å². The molecule has 2 N–H and O–H groups in total. The molecular weight excluding hydrogens is 275 g/mol. The number of thioether (sulfide) groups is 1. The summed E-state index contributed by atoms with van der Waals surface area (Å²) in [5.74, 6) is -0.446. The number of hydrogen-bond donors (Lipinski definition) is 1. The van der Waals surface area contributed by atoms with Crippen molar-refractivity contribution in [2.24, 2.45) is 0 Å². The molecule has 0 aliphatic rings. The molecule has 0 aliphatic carbocycles. The Morgan fingerprint density at radius 2 is 1.95 bits per heavy atom. The van der Waals surface area contributed by atoms with Gasteiger partial charge >= 0.3 is 0 Å². The van der Waals surface area contributed by atoms with Crippen molar-refractivity contribution in [1.82, 2.24) is 15.0 Å². The number of benzene rings is 1. The van der Waals surface area contributed by atoms with Crippen LogP contribution in [0.3, 0.4) is 0 Å². The quantitative estimate of drug-likeness (QED) is 0.445. The van der Waals surface area contributed by atoms with Gasteiger partial charge in [-0.2, -0.15) is 0 Å². The van der Waals surface area contributed by atoms with Gasteiger partial charge in [0.15, 0.2) is 5.16 Å². The summed E-state index contributed by atoms with van der Waals surface area (Å²) in [6, 6.07) is 8.31. The van der Waals surface area contributed by atoms with Gasteiger partial charge in [-0.1, -0.05) is 17.8 Å². The molecule has 6 heteroatoms. The number of rotatable bonds is 2. The molecule has 0 amide bonds. The van der Waals surface area contributed by atoms with Crippen LogP contribution < -0.4 is 5.73 Å². The van der Waals surface area contributed by atoms with Crippen LogP contribution in [0, 0.1) is 5.82 Å². The topological polar surface area (TPSA) is 64.7 Å². The van der Waals surface area contributed by atoms with Gasteiger partial charge < -0.3 is 5.73 Å². The lowest BCUT2D eigenvalue weighted by atomic mass is 10.1. The highest BCUT2D eigenvalue weighted by atomic mass is 32.2. The van der Waals surface area contributed by atoms with E-state index < -0.39 is 5.82 Å². The number of nitrogen functional groups attached to an aromatic ring is 1. The van der Waals surface area contributed by atoms with Gasteiger partial charge in [-0.05, 0) is 30.5 Å². The van der Waals surface area contributed by atoms with Crippen LogP contribution in [-0.2, 0) is 0 Å². The van der Waals surface area contributed by atoms with Gasteiger partial charge in [0.05, 0.1) is 23.1 Å². The van der Waals surface area contributed by atoms with E-state index in [9.17, 15) is 4.39 Å². The van der Waals surface area contributed by atoms with E-state index in [0.29, 0.717) is 21.9 Å². The summed E-state index contributed by atoms with van der Waals surface area (Å²) < 4.78 is 13.5. The van der Waals surface area contributed by atoms with E-state index in [-0.39, 0.29) is 5.69 Å². The average molecular weight is 286 g/mol. The molecule has 2 heterocycles. The van der Waals surface area contributed by atoms with Crippen molar-refractivity contribution in [2.75, 3.05) is 12.0 Å². The average Bonchev–Trinajstić information content (AvgIpc) is 2.49. The van der Waals surface area contributed by atoms with E-state index in [0.717, 1.165) is 5.52 Å². The predicted octanol–water partition coefficient (Wildman–Crippen LogP) is 3.13. The third-order valence-electron chi connectivity index (χ3n) is 2.89. The normalized spacial score (nSPS) is 10.9. The van der Waals surface area contributed by atoms with E-state index >= 15 is 0 Å². The molecule has 20 heavy (non-hydrogen) atoms. The van der Waals surface area contributed by atoms with Gasteiger partial charge in [0.25, 0.3) is 0 Å². The molecular formula is C14H11FN4S. The third-order valence-corrected chi connectivity index (χ3v) is 3.46. The number of pyridine rings is 1. The monoisotopic (exact) mass is 286 g/mol. The molecule has 0 saturated carbocycles. The molecule has 0 aliphatic heterocycles. The van der Waals surface area contributed by atoms with Crippen molar-refractivity contribution in [1.29, 1.82) is 0 Å². The van der Waals surface area contributed by atoms with Gasteiger partial charge in [0, 0.05) is 5.56 Å². The minimum Gasteiger partial charge on any atom is -0.396 e. The molecule has 0 radical (unpaired) electrons. The van der Waals surface area contributed by atoms with Crippen LogP contribution in [0.4, 0.5) is 10.1 Å². The van der Waals surface area contributed by atoms with Crippen LogP contribution in [0.5, 0.6) is 0 Å². The van der Waals surface area contributed by atoms with E-state index in [1.54, 1.807) is 12.3 Å². The standard InChI is InChI=1S/C14H11FN4S/c1-20-14-17-7-13-12(19-14)5-4-11(18-13)8-2-3-10(16)9(15)6-8/h2-7H,16H2,1H3. The first-order valence-corrected chi connectivity index (χ1v) is 7.13. The molecule has 0 atom stereocenters. The molecule has 100 valence electrons. The molecule has 3 rings (SSSR count). The van der Waals surface area contributed by atoms with Crippen LogP contribution in [-0.4, -0.2) is 21.2 Å². The Morgan fingerprint density at radius 1 is 1.10 bits per heavy atom. The lowest BCUT2D eigenvalue weighted by Crippen LogP contribution is -1.93. The van der Waals surface area contributed by atoms with Crippen LogP contribution in [0.2, 0.25) is 0 Å². The second-order valence-electron chi connectivity index (χ2n) is 4.19. The zero-order valence-corrected chi connectivity index (χ0v) is 11.5. The summed E-state index contributed by atoms with van der Waals surface area (Å²) in [5, 5.41) is 0.700. The smallest absolute Gasteiger partial charge is 0.187 e. The van der Waals surface area contributed by atoms with Crippen LogP contribution in [0.15, 0.2) is 41.7 Å². The fourth-order valence-electron chi connectivity index (χ4n) is 1.85. The first-order chi connectivity index (χ1) is 9.67. The third kappa shape index (κ3) is 2.30. The van der Waals surface area contributed by atoms with E-state index in [1.165, 1.54) is 23.9 Å². The summed E-state index contributed by atoms with van der Waals surface area (Å²) in [7, 11) is 0. The molecule has 0 unspecified atom stereocenters. The fraction of sp³-hybridized carbons (Fsp3) is 0.0714. The number of anilines is 1. The lowest BCUT2D eigenvalue weighted by Gasteiger charge is -2.05. The number of nitrogens with two attached hydrogens (primary N) is 1. The summed E-state index contributed by atoms with van der Waals surface area (Å²) >= 11 is 1.47. The van der Waals surface area contributed by atoms with Crippen molar-refractivity contribution < 1.29 is 4.39 Å². The van der Waals surface area contributed by atoms with Gasteiger partial charge in [-0.15, -0.1) is 0 Å². The van der Waals surface area contributed by atoms with Gasteiger partial charge in [-0.3, -0.25) is 0 Å². The Labute approximate surface area is 119 Å². The molecule has 1 aromatic carbocycles. The van der Waals surface area contributed by atoms with Gasteiger partial charge in [0.1, 0.15) is 11.3 Å². The molecule has 3 aromatic rings. The highest BCUT2D eigenvalue weighted by molar-refractivity contribution is 7.98. The first kappa shape index (κ1) is 12.8. The van der Waals surface area contributed by atoms with E-state index in [4.69, 9.17) is 5.73 Å². The number of hydrogen-bond acceptors (Lipinski definition) is 5. The minimum atomic E-state index is -0.446. The highest BCUT2D eigenvalue weighted by Crippen LogP contribution is 2.23. The Bertz CT molecular complexity index is 791. The molecule has 0 spiro atoms. The molecule has 0 saturated heterocycles. The highest BCUT2D eigenvalue weighted by Gasteiger charge is 2.06. The maximum absolute atomic E-state index is 13.5. The Morgan fingerprint density at radius 3 is 2.70 bits per heavy atom.